The van der Waals surface area contributed by atoms with Gasteiger partial charge in [-0.3, -0.25) is 4.79 Å². The maximum absolute atomic E-state index is 12.4. The Labute approximate surface area is 131 Å². The SMILES string of the molecule is Cc1nc(CNC(=O)[C@@H]2C[C@@H]3C=C[C@H]2C3)nc2c1CCCC2. The molecule has 1 N–H and O–H groups in total. The third kappa shape index (κ3) is 2.44. The molecule has 3 aliphatic rings. The van der Waals surface area contributed by atoms with Gasteiger partial charge in [0.1, 0.15) is 5.82 Å². The van der Waals surface area contributed by atoms with Crippen molar-refractivity contribution in [2.45, 2.75) is 52.0 Å². The Morgan fingerprint density at radius 3 is 2.86 bits per heavy atom. The highest BCUT2D eigenvalue weighted by Gasteiger charge is 2.39. The number of carbonyl (C=O) groups excluding carboxylic acids is 1. The number of carbonyl (C=O) groups is 1. The van der Waals surface area contributed by atoms with E-state index in [0.717, 1.165) is 37.2 Å². The van der Waals surface area contributed by atoms with Gasteiger partial charge in [0.25, 0.3) is 0 Å². The fourth-order valence-electron chi connectivity index (χ4n) is 4.30. The fourth-order valence-corrected chi connectivity index (χ4v) is 4.30. The minimum atomic E-state index is 0.161. The monoisotopic (exact) mass is 297 g/mol. The van der Waals surface area contributed by atoms with Gasteiger partial charge in [0, 0.05) is 17.3 Å². The number of amides is 1. The highest BCUT2D eigenvalue weighted by Crippen LogP contribution is 2.43. The highest BCUT2D eigenvalue weighted by molar-refractivity contribution is 5.79. The molecule has 4 rings (SSSR count). The molecule has 1 saturated carbocycles. The van der Waals surface area contributed by atoms with Crippen LogP contribution in [0, 0.1) is 24.7 Å². The van der Waals surface area contributed by atoms with E-state index in [1.165, 1.54) is 24.1 Å². The lowest BCUT2D eigenvalue weighted by atomic mass is 9.93. The summed E-state index contributed by atoms with van der Waals surface area (Å²) in [6.45, 7) is 2.53. The third-order valence-electron chi connectivity index (χ3n) is 5.47. The lowest BCUT2D eigenvalue weighted by Crippen LogP contribution is -2.33. The maximum Gasteiger partial charge on any atom is 0.224 e. The molecule has 1 heterocycles. The zero-order valence-corrected chi connectivity index (χ0v) is 13.1. The molecule has 22 heavy (non-hydrogen) atoms. The largest absolute Gasteiger partial charge is 0.349 e. The number of nitrogens with one attached hydrogen (secondary N) is 1. The first-order valence-corrected chi connectivity index (χ1v) is 8.52. The molecule has 0 saturated heterocycles. The highest BCUT2D eigenvalue weighted by atomic mass is 16.1. The lowest BCUT2D eigenvalue weighted by molar-refractivity contribution is -0.125. The van der Waals surface area contributed by atoms with Gasteiger partial charge in [-0.25, -0.2) is 9.97 Å². The first-order chi connectivity index (χ1) is 10.7. The average Bonchev–Trinajstić information content (AvgIpc) is 3.16. The number of aromatic nitrogens is 2. The van der Waals surface area contributed by atoms with Crippen molar-refractivity contribution in [2.75, 3.05) is 0 Å². The summed E-state index contributed by atoms with van der Waals surface area (Å²) in [7, 11) is 0. The van der Waals surface area contributed by atoms with Crippen LogP contribution in [0.2, 0.25) is 0 Å². The van der Waals surface area contributed by atoms with Crippen LogP contribution in [0.4, 0.5) is 0 Å². The lowest BCUT2D eigenvalue weighted by Gasteiger charge is -2.19. The van der Waals surface area contributed by atoms with Gasteiger partial charge < -0.3 is 5.32 Å². The van der Waals surface area contributed by atoms with Crippen LogP contribution in [0.3, 0.4) is 0 Å². The van der Waals surface area contributed by atoms with Gasteiger partial charge in [-0.15, -0.1) is 0 Å². The second kappa shape index (κ2) is 5.49. The summed E-state index contributed by atoms with van der Waals surface area (Å²) in [4.78, 5) is 21.7. The molecule has 0 unspecified atom stereocenters. The quantitative estimate of drug-likeness (QED) is 0.872. The number of allylic oxidation sites excluding steroid dienone is 2. The summed E-state index contributed by atoms with van der Waals surface area (Å²) in [6.07, 6.45) is 11.3. The van der Waals surface area contributed by atoms with Gasteiger partial charge in [-0.1, -0.05) is 12.2 Å². The minimum Gasteiger partial charge on any atom is -0.349 e. The molecule has 1 aromatic rings. The summed E-state index contributed by atoms with van der Waals surface area (Å²) in [5.74, 6) is 2.19. The molecular formula is C18H23N3O. The van der Waals surface area contributed by atoms with Gasteiger partial charge in [0.05, 0.1) is 6.54 Å². The Kier molecular flexibility index (Phi) is 3.47. The molecule has 1 aromatic heterocycles. The Bertz CT molecular complexity index is 637. The van der Waals surface area contributed by atoms with Gasteiger partial charge in [0.2, 0.25) is 5.91 Å². The van der Waals surface area contributed by atoms with Crippen LogP contribution in [-0.2, 0) is 24.2 Å². The third-order valence-corrected chi connectivity index (χ3v) is 5.47. The van der Waals surface area contributed by atoms with Crippen LogP contribution in [0.5, 0.6) is 0 Å². The van der Waals surface area contributed by atoms with E-state index in [2.05, 4.69) is 34.4 Å². The van der Waals surface area contributed by atoms with Crippen molar-refractivity contribution in [3.63, 3.8) is 0 Å². The summed E-state index contributed by atoms with van der Waals surface area (Å²) >= 11 is 0. The molecule has 4 heteroatoms. The molecule has 0 aliphatic heterocycles. The first kappa shape index (κ1) is 13.9. The second-order valence-electron chi connectivity index (χ2n) is 6.96. The zero-order chi connectivity index (χ0) is 15.1. The van der Waals surface area contributed by atoms with Gasteiger partial charge in [-0.2, -0.15) is 0 Å². The molecule has 2 bridgehead atoms. The van der Waals surface area contributed by atoms with Crippen molar-refractivity contribution in [1.82, 2.24) is 15.3 Å². The number of aryl methyl sites for hydroxylation is 2. The van der Waals surface area contributed by atoms with Crippen molar-refractivity contribution in [2.24, 2.45) is 17.8 Å². The number of hydrogen-bond donors (Lipinski definition) is 1. The number of hydrogen-bond acceptors (Lipinski definition) is 3. The van der Waals surface area contributed by atoms with Crippen LogP contribution < -0.4 is 5.32 Å². The first-order valence-electron chi connectivity index (χ1n) is 8.52. The van der Waals surface area contributed by atoms with E-state index < -0.39 is 0 Å². The molecule has 4 nitrogen and oxygen atoms in total. The smallest absolute Gasteiger partial charge is 0.224 e. The molecule has 3 atom stereocenters. The van der Waals surface area contributed by atoms with Crippen molar-refractivity contribution in [3.05, 3.63) is 34.9 Å². The maximum atomic E-state index is 12.4. The van der Waals surface area contributed by atoms with E-state index in [1.807, 2.05) is 0 Å². The van der Waals surface area contributed by atoms with E-state index in [0.29, 0.717) is 18.4 Å². The van der Waals surface area contributed by atoms with Crippen molar-refractivity contribution in [3.8, 4) is 0 Å². The van der Waals surface area contributed by atoms with Crippen molar-refractivity contribution >= 4 is 5.91 Å². The van der Waals surface area contributed by atoms with Gasteiger partial charge in [0.15, 0.2) is 0 Å². The molecule has 1 fully saturated rings. The predicted octanol–water partition coefficient (Wildman–Crippen LogP) is 2.49. The summed E-state index contributed by atoms with van der Waals surface area (Å²) in [5.41, 5.74) is 3.63. The Morgan fingerprint density at radius 1 is 1.23 bits per heavy atom. The van der Waals surface area contributed by atoms with E-state index in [9.17, 15) is 4.79 Å². The average molecular weight is 297 g/mol. The summed E-state index contributed by atoms with van der Waals surface area (Å²) in [6, 6.07) is 0. The number of nitrogens with zero attached hydrogens (tertiary/aromatic N) is 2. The topological polar surface area (TPSA) is 54.9 Å². The molecule has 0 spiro atoms. The van der Waals surface area contributed by atoms with Crippen LogP contribution >= 0.6 is 0 Å². The zero-order valence-electron chi connectivity index (χ0n) is 13.1. The predicted molar refractivity (Wildman–Crippen MR) is 84.1 cm³/mol. The van der Waals surface area contributed by atoms with E-state index in [4.69, 9.17) is 0 Å². The van der Waals surface area contributed by atoms with E-state index in [1.54, 1.807) is 0 Å². The van der Waals surface area contributed by atoms with Crippen molar-refractivity contribution in [1.29, 1.82) is 0 Å². The van der Waals surface area contributed by atoms with E-state index >= 15 is 0 Å². The molecule has 1 amide bonds. The van der Waals surface area contributed by atoms with E-state index in [-0.39, 0.29) is 11.8 Å². The molecular weight excluding hydrogens is 274 g/mol. The Hall–Kier alpha value is -1.71. The Balaban J connectivity index is 1.42. The molecule has 0 radical (unpaired) electrons. The minimum absolute atomic E-state index is 0.161. The van der Waals surface area contributed by atoms with Crippen LogP contribution in [0.1, 0.15) is 48.5 Å². The molecule has 3 aliphatic carbocycles. The van der Waals surface area contributed by atoms with Crippen LogP contribution in [0.15, 0.2) is 12.2 Å². The molecule has 116 valence electrons. The fraction of sp³-hybridized carbons (Fsp3) is 0.611. The standard InChI is InChI=1S/C18H23N3O/c1-11-14-4-2-3-5-16(14)21-17(20-11)10-19-18(22)15-9-12-6-7-13(15)8-12/h6-7,12-13,15H,2-5,8-10H2,1H3,(H,19,22)/t12-,13+,15-/m1/s1. The number of fused-ring (bicyclic) bond motifs is 3. The van der Waals surface area contributed by atoms with Gasteiger partial charge >= 0.3 is 0 Å². The molecule has 0 aromatic carbocycles. The van der Waals surface area contributed by atoms with Gasteiger partial charge in [-0.05, 0) is 62.8 Å². The Morgan fingerprint density at radius 2 is 2.09 bits per heavy atom. The second-order valence-corrected chi connectivity index (χ2v) is 6.96. The van der Waals surface area contributed by atoms with Crippen LogP contribution in [0.25, 0.3) is 0 Å². The summed E-state index contributed by atoms with van der Waals surface area (Å²) < 4.78 is 0. The normalized spacial score (nSPS) is 28.7. The summed E-state index contributed by atoms with van der Waals surface area (Å²) in [5, 5.41) is 3.06. The van der Waals surface area contributed by atoms with Crippen molar-refractivity contribution < 1.29 is 4.79 Å². The van der Waals surface area contributed by atoms with Crippen LogP contribution in [-0.4, -0.2) is 15.9 Å². The number of rotatable bonds is 3.